The Morgan fingerprint density at radius 3 is 1.74 bits per heavy atom. The Morgan fingerprint density at radius 2 is 1.19 bits per heavy atom. The first-order valence-corrected chi connectivity index (χ1v) is 21.2. The van der Waals surface area contributed by atoms with Crippen molar-refractivity contribution in [2.75, 3.05) is 4.90 Å². The zero-order valence-corrected chi connectivity index (χ0v) is 36.3. The van der Waals surface area contributed by atoms with Crippen molar-refractivity contribution in [1.82, 2.24) is 4.57 Å². The molecule has 0 aliphatic carbocycles. The van der Waals surface area contributed by atoms with Gasteiger partial charge in [0.1, 0.15) is 0 Å². The average molecular weight is 765 g/mol. The van der Waals surface area contributed by atoms with Crippen molar-refractivity contribution in [2.24, 2.45) is 10.8 Å². The number of aryl methyl sites for hydroxylation is 1. The molecule has 5 aromatic carbocycles. The zero-order valence-electron chi connectivity index (χ0n) is 36.3. The molecule has 5 heteroatoms. The molecule has 5 nitrogen and oxygen atoms in total. The van der Waals surface area contributed by atoms with Crippen LogP contribution >= 0.6 is 0 Å². The van der Waals surface area contributed by atoms with Gasteiger partial charge in [0.2, 0.25) is 6.29 Å². The molecule has 0 saturated heterocycles. The molecule has 0 saturated carbocycles. The standard InChI is InChI=1S/C52H64N2O3/c1-12-13-14-15-29-53-43-30-38(27-28-39(43)46-40-17-16-18-41-45(40)42(31-44(46)53)48(56)57-47(41)55)54(36-23-19-34(20-24-36)51(8,9)32-49(2,3)4)37-25-21-35(22-26-37)52(10,11)33-50(5,6)7/h16-28,30-31,47,55H,12-15,29,32-33H2,1-11H3. The Morgan fingerprint density at radius 1 is 0.632 bits per heavy atom. The Kier molecular flexibility index (Phi) is 10.7. The third kappa shape index (κ3) is 8.10. The van der Waals surface area contributed by atoms with Crippen LogP contribution < -0.4 is 4.90 Å². The van der Waals surface area contributed by atoms with Crippen molar-refractivity contribution in [1.29, 1.82) is 0 Å². The van der Waals surface area contributed by atoms with E-state index in [-0.39, 0.29) is 21.7 Å². The summed E-state index contributed by atoms with van der Waals surface area (Å²) in [6, 6.07) is 33.2. The monoisotopic (exact) mass is 764 g/mol. The molecule has 0 radical (unpaired) electrons. The molecular formula is C52H64N2O3. The predicted molar refractivity (Wildman–Crippen MR) is 240 cm³/mol. The lowest BCUT2D eigenvalue weighted by Gasteiger charge is -2.34. The number of hydrogen-bond acceptors (Lipinski definition) is 4. The van der Waals surface area contributed by atoms with Crippen molar-refractivity contribution in [2.45, 2.75) is 138 Å². The van der Waals surface area contributed by atoms with Crippen LogP contribution in [0.15, 0.2) is 91.0 Å². The molecular weight excluding hydrogens is 701 g/mol. The molecule has 1 unspecified atom stereocenters. The first-order valence-electron chi connectivity index (χ1n) is 21.2. The number of benzene rings is 5. The first-order chi connectivity index (χ1) is 26.8. The number of esters is 1. The number of hydrogen-bond donors (Lipinski definition) is 1. The molecule has 57 heavy (non-hydrogen) atoms. The molecule has 1 aromatic heterocycles. The van der Waals surface area contributed by atoms with Gasteiger partial charge < -0.3 is 19.3 Å². The minimum Gasteiger partial charge on any atom is -0.428 e. The van der Waals surface area contributed by atoms with Gasteiger partial charge in [0.15, 0.2) is 0 Å². The summed E-state index contributed by atoms with van der Waals surface area (Å²) in [5.41, 5.74) is 9.77. The summed E-state index contributed by atoms with van der Waals surface area (Å²) in [5, 5.41) is 14.8. The van der Waals surface area contributed by atoms with Gasteiger partial charge in [-0.15, -0.1) is 0 Å². The fraction of sp³-hybridized carbons (Fsp3) is 0.442. The van der Waals surface area contributed by atoms with E-state index in [9.17, 15) is 9.90 Å². The zero-order chi connectivity index (χ0) is 41.1. The SMILES string of the molecule is CCCCCCn1c2cc(N(c3ccc(C(C)(C)CC(C)(C)C)cc3)c3ccc(C(C)(C)CC(C)(C)C)cc3)ccc2c2c3cccc4c3c(cc21)C(=O)OC4O. The van der Waals surface area contributed by atoms with Crippen molar-refractivity contribution in [3.63, 3.8) is 0 Å². The Labute approximate surface area is 341 Å². The molecule has 7 rings (SSSR count). The number of aliphatic hydroxyl groups excluding tert-OH is 1. The predicted octanol–water partition coefficient (Wildman–Crippen LogP) is 14.6. The molecule has 1 N–H and O–H groups in total. The van der Waals surface area contributed by atoms with E-state index in [0.29, 0.717) is 11.1 Å². The van der Waals surface area contributed by atoms with Crippen LogP contribution in [0.4, 0.5) is 17.1 Å². The van der Waals surface area contributed by atoms with E-state index in [4.69, 9.17) is 4.74 Å². The second-order valence-corrected chi connectivity index (χ2v) is 20.4. The lowest BCUT2D eigenvalue weighted by Crippen LogP contribution is -2.25. The number of aromatic nitrogens is 1. The van der Waals surface area contributed by atoms with Gasteiger partial charge in [-0.25, -0.2) is 4.79 Å². The fourth-order valence-electron chi connectivity index (χ4n) is 10.2. The molecule has 0 fully saturated rings. The summed E-state index contributed by atoms with van der Waals surface area (Å²) in [6.45, 7) is 26.4. The number of carbonyl (C=O) groups excluding carboxylic acids is 1. The largest absolute Gasteiger partial charge is 0.428 e. The minimum absolute atomic E-state index is 0.0327. The van der Waals surface area contributed by atoms with E-state index >= 15 is 0 Å². The van der Waals surface area contributed by atoms with Gasteiger partial charge in [0.25, 0.3) is 0 Å². The highest BCUT2D eigenvalue weighted by Crippen LogP contribution is 2.46. The van der Waals surface area contributed by atoms with Crippen LogP contribution in [0, 0.1) is 10.8 Å². The van der Waals surface area contributed by atoms with Crippen LogP contribution in [0.25, 0.3) is 32.6 Å². The number of anilines is 3. The topological polar surface area (TPSA) is 54.7 Å². The van der Waals surface area contributed by atoms with Gasteiger partial charge in [0, 0.05) is 45.3 Å². The number of rotatable bonds is 12. The van der Waals surface area contributed by atoms with Crippen LogP contribution in [-0.4, -0.2) is 15.6 Å². The van der Waals surface area contributed by atoms with Crippen LogP contribution in [-0.2, 0) is 22.1 Å². The summed E-state index contributed by atoms with van der Waals surface area (Å²) in [7, 11) is 0. The van der Waals surface area contributed by atoms with Gasteiger partial charge in [-0.3, -0.25) is 0 Å². The smallest absolute Gasteiger partial charge is 0.341 e. The van der Waals surface area contributed by atoms with E-state index in [1.807, 2.05) is 18.2 Å². The molecule has 1 atom stereocenters. The van der Waals surface area contributed by atoms with Gasteiger partial charge in [-0.1, -0.05) is 144 Å². The van der Waals surface area contributed by atoms with E-state index in [1.165, 1.54) is 17.5 Å². The highest BCUT2D eigenvalue weighted by atomic mass is 16.6. The van der Waals surface area contributed by atoms with Gasteiger partial charge in [-0.2, -0.15) is 0 Å². The normalized spacial score (nSPS) is 15.2. The van der Waals surface area contributed by atoms with E-state index < -0.39 is 12.3 Å². The van der Waals surface area contributed by atoms with Crippen molar-refractivity contribution in [3.05, 3.63) is 113 Å². The molecule has 6 aromatic rings. The third-order valence-corrected chi connectivity index (χ3v) is 12.0. The van der Waals surface area contributed by atoms with Crippen LogP contribution in [0.5, 0.6) is 0 Å². The highest BCUT2D eigenvalue weighted by molar-refractivity contribution is 6.25. The third-order valence-electron chi connectivity index (χ3n) is 12.0. The second-order valence-electron chi connectivity index (χ2n) is 20.4. The number of ether oxygens (including phenoxy) is 1. The van der Waals surface area contributed by atoms with Gasteiger partial charge in [-0.05, 0) is 99.9 Å². The number of carbonyl (C=O) groups is 1. The number of nitrogens with zero attached hydrogens (tertiary/aromatic N) is 2. The lowest BCUT2D eigenvalue weighted by atomic mass is 9.72. The molecule has 0 amide bonds. The number of aliphatic hydroxyl groups is 1. The van der Waals surface area contributed by atoms with Crippen LogP contribution in [0.2, 0.25) is 0 Å². The Balaban J connectivity index is 1.42. The lowest BCUT2D eigenvalue weighted by molar-refractivity contribution is -0.0686. The molecule has 1 aliphatic rings. The summed E-state index contributed by atoms with van der Waals surface area (Å²) in [6.07, 6.45) is 5.42. The Bertz CT molecular complexity index is 2350. The van der Waals surface area contributed by atoms with Crippen molar-refractivity contribution in [3.8, 4) is 0 Å². The first kappa shape index (κ1) is 40.6. The van der Waals surface area contributed by atoms with E-state index in [0.717, 1.165) is 88.3 Å². The van der Waals surface area contributed by atoms with Crippen molar-refractivity contribution >= 4 is 55.6 Å². The molecule has 0 spiro atoms. The van der Waals surface area contributed by atoms with Crippen LogP contribution in [0.3, 0.4) is 0 Å². The Hall–Kier alpha value is -4.61. The molecule has 0 bridgehead atoms. The number of cyclic esters (lactones) is 1. The average Bonchev–Trinajstić information content (AvgIpc) is 3.43. The highest BCUT2D eigenvalue weighted by Gasteiger charge is 2.31. The maximum atomic E-state index is 13.3. The van der Waals surface area contributed by atoms with E-state index in [2.05, 4.69) is 158 Å². The molecule has 2 heterocycles. The van der Waals surface area contributed by atoms with Crippen LogP contribution in [0.1, 0.15) is 148 Å². The minimum atomic E-state index is -1.27. The number of fused-ring (bicyclic) bond motifs is 4. The number of unbranched alkanes of at least 4 members (excludes halogenated alkanes) is 3. The van der Waals surface area contributed by atoms with E-state index in [1.54, 1.807) is 0 Å². The molecule has 300 valence electrons. The van der Waals surface area contributed by atoms with Gasteiger partial charge in [0.05, 0.1) is 16.6 Å². The summed E-state index contributed by atoms with van der Waals surface area (Å²) in [5.74, 6) is -0.481. The van der Waals surface area contributed by atoms with Crippen molar-refractivity contribution < 1.29 is 14.6 Å². The fourth-order valence-corrected chi connectivity index (χ4v) is 10.2. The second kappa shape index (κ2) is 15.0. The summed E-state index contributed by atoms with van der Waals surface area (Å²) < 4.78 is 7.85. The van der Waals surface area contributed by atoms with Gasteiger partial charge >= 0.3 is 5.97 Å². The maximum absolute atomic E-state index is 13.3. The summed E-state index contributed by atoms with van der Waals surface area (Å²) in [4.78, 5) is 15.7. The summed E-state index contributed by atoms with van der Waals surface area (Å²) >= 11 is 0. The maximum Gasteiger partial charge on any atom is 0.341 e. The quantitative estimate of drug-likeness (QED) is 0.0996. The molecule has 1 aliphatic heterocycles.